The average Bonchev–Trinajstić information content (AvgIpc) is 2.78. The van der Waals surface area contributed by atoms with Crippen molar-refractivity contribution in [1.29, 1.82) is 0 Å². The van der Waals surface area contributed by atoms with Gasteiger partial charge in [-0.3, -0.25) is 4.79 Å². The maximum Gasteiger partial charge on any atom is 0.306 e. The number of aryl methyl sites for hydroxylation is 1. The fraction of sp³-hybridized carbons (Fsp3) is 0.240. The predicted molar refractivity (Wildman–Crippen MR) is 114 cm³/mol. The van der Waals surface area contributed by atoms with E-state index in [0.717, 1.165) is 24.9 Å². The lowest BCUT2D eigenvalue weighted by atomic mass is 9.99. The first kappa shape index (κ1) is 20.1. The topological polar surface area (TPSA) is 29.5 Å². The van der Waals surface area contributed by atoms with Crippen LogP contribution in [0.4, 0.5) is 20.2 Å². The maximum atomic E-state index is 13.2. The van der Waals surface area contributed by atoms with E-state index in [4.69, 9.17) is 4.74 Å². The molecule has 1 aliphatic rings. The number of alkyl halides is 2. The van der Waals surface area contributed by atoms with Gasteiger partial charge < -0.3 is 9.64 Å². The molecule has 0 aliphatic carbocycles. The van der Waals surface area contributed by atoms with Gasteiger partial charge in [-0.25, -0.2) is 0 Å². The van der Waals surface area contributed by atoms with Crippen molar-refractivity contribution in [2.24, 2.45) is 0 Å². The average molecular weight is 407 g/mol. The van der Waals surface area contributed by atoms with E-state index in [1.54, 1.807) is 24.3 Å². The van der Waals surface area contributed by atoms with Crippen LogP contribution in [0, 0.1) is 0 Å². The van der Waals surface area contributed by atoms with Crippen LogP contribution in [0.1, 0.15) is 23.1 Å². The minimum Gasteiger partial charge on any atom is -0.489 e. The molecule has 0 saturated heterocycles. The van der Waals surface area contributed by atoms with Crippen LogP contribution in [0.25, 0.3) is 0 Å². The molecule has 0 unspecified atom stereocenters. The normalized spacial score (nSPS) is 13.6. The number of benzene rings is 3. The molecule has 0 bridgehead atoms. The minimum atomic E-state index is -3.34. The molecule has 0 atom stereocenters. The van der Waals surface area contributed by atoms with Gasteiger partial charge in [0.05, 0.1) is 0 Å². The molecule has 154 valence electrons. The lowest BCUT2D eigenvalue weighted by Crippen LogP contribution is -2.24. The molecule has 30 heavy (non-hydrogen) atoms. The Labute approximate surface area is 174 Å². The molecule has 1 heterocycles. The van der Waals surface area contributed by atoms with Gasteiger partial charge in [0.2, 0.25) is 0 Å². The molecule has 0 aromatic heterocycles. The monoisotopic (exact) mass is 407 g/mol. The van der Waals surface area contributed by atoms with Crippen LogP contribution in [0.3, 0.4) is 0 Å². The quantitative estimate of drug-likeness (QED) is 0.469. The summed E-state index contributed by atoms with van der Waals surface area (Å²) in [6.07, 6.45) is 1.27. The van der Waals surface area contributed by atoms with E-state index in [1.807, 2.05) is 18.2 Å². The first-order chi connectivity index (χ1) is 14.5. The smallest absolute Gasteiger partial charge is 0.306 e. The second kappa shape index (κ2) is 8.66. The molecule has 0 radical (unpaired) electrons. The van der Waals surface area contributed by atoms with Crippen LogP contribution in [0.2, 0.25) is 0 Å². The van der Waals surface area contributed by atoms with E-state index >= 15 is 0 Å². The SMILES string of the molecule is O=CC(F)(F)Cc1ccc(OCc2ccc3c(c2)N(c2ccccc2)CCC3)cc1. The molecule has 3 aromatic rings. The molecule has 0 amide bonds. The first-order valence-electron chi connectivity index (χ1n) is 10.0. The van der Waals surface area contributed by atoms with Crippen molar-refractivity contribution in [2.75, 3.05) is 11.4 Å². The van der Waals surface area contributed by atoms with Crippen LogP contribution in [0.15, 0.2) is 72.8 Å². The number of fused-ring (bicyclic) bond motifs is 1. The fourth-order valence-corrected chi connectivity index (χ4v) is 3.77. The van der Waals surface area contributed by atoms with Crippen molar-refractivity contribution in [3.8, 4) is 5.75 Å². The summed E-state index contributed by atoms with van der Waals surface area (Å²) >= 11 is 0. The number of ether oxygens (including phenoxy) is 1. The fourth-order valence-electron chi connectivity index (χ4n) is 3.77. The number of hydrogen-bond acceptors (Lipinski definition) is 3. The van der Waals surface area contributed by atoms with Crippen molar-refractivity contribution in [3.63, 3.8) is 0 Å². The Balaban J connectivity index is 1.45. The van der Waals surface area contributed by atoms with Crippen molar-refractivity contribution in [1.82, 2.24) is 0 Å². The molecule has 0 N–H and O–H groups in total. The Morgan fingerprint density at radius 3 is 2.43 bits per heavy atom. The zero-order valence-electron chi connectivity index (χ0n) is 16.6. The summed E-state index contributed by atoms with van der Waals surface area (Å²) < 4.78 is 32.3. The molecule has 3 nitrogen and oxygen atoms in total. The number of para-hydroxylation sites is 1. The molecular formula is C25H23F2NO2. The van der Waals surface area contributed by atoms with Crippen molar-refractivity contribution in [3.05, 3.63) is 89.5 Å². The van der Waals surface area contributed by atoms with E-state index in [2.05, 4.69) is 35.2 Å². The Hall–Kier alpha value is -3.21. The summed E-state index contributed by atoms with van der Waals surface area (Å²) in [5, 5.41) is 0. The molecule has 1 aliphatic heterocycles. The Bertz CT molecular complexity index is 1000. The van der Waals surface area contributed by atoms with Crippen LogP contribution in [-0.2, 0) is 24.2 Å². The molecular weight excluding hydrogens is 384 g/mol. The minimum absolute atomic E-state index is 0.313. The highest BCUT2D eigenvalue weighted by Crippen LogP contribution is 2.34. The van der Waals surface area contributed by atoms with Gasteiger partial charge in [-0.15, -0.1) is 0 Å². The van der Waals surface area contributed by atoms with Crippen LogP contribution < -0.4 is 9.64 Å². The largest absolute Gasteiger partial charge is 0.489 e. The van der Waals surface area contributed by atoms with Crippen molar-refractivity contribution in [2.45, 2.75) is 31.8 Å². The summed E-state index contributed by atoms with van der Waals surface area (Å²) in [6, 6.07) is 23.2. The van der Waals surface area contributed by atoms with Gasteiger partial charge in [0.15, 0.2) is 6.29 Å². The molecule has 0 spiro atoms. The lowest BCUT2D eigenvalue weighted by molar-refractivity contribution is -0.128. The summed E-state index contributed by atoms with van der Waals surface area (Å²) in [6.45, 7) is 1.37. The number of rotatable bonds is 7. The number of aldehydes is 1. The molecule has 4 rings (SSSR count). The van der Waals surface area contributed by atoms with Gasteiger partial charge in [-0.05, 0) is 59.9 Å². The molecule has 0 saturated carbocycles. The highest BCUT2D eigenvalue weighted by atomic mass is 19.3. The number of nitrogens with zero attached hydrogens (tertiary/aromatic N) is 1. The van der Waals surface area contributed by atoms with E-state index < -0.39 is 12.3 Å². The molecule has 5 heteroatoms. The molecule has 3 aromatic carbocycles. The number of halogens is 2. The van der Waals surface area contributed by atoms with E-state index in [9.17, 15) is 13.6 Å². The van der Waals surface area contributed by atoms with Gasteiger partial charge in [0.25, 0.3) is 0 Å². The predicted octanol–water partition coefficient (Wildman–Crippen LogP) is 5.73. The third kappa shape index (κ3) is 4.67. The van der Waals surface area contributed by atoms with Crippen LogP contribution in [0.5, 0.6) is 5.75 Å². The van der Waals surface area contributed by atoms with Gasteiger partial charge in [-0.1, -0.05) is 42.5 Å². The maximum absolute atomic E-state index is 13.2. The third-order valence-electron chi connectivity index (χ3n) is 5.28. The zero-order valence-corrected chi connectivity index (χ0v) is 16.6. The van der Waals surface area contributed by atoms with Crippen LogP contribution in [-0.4, -0.2) is 18.8 Å². The number of anilines is 2. The van der Waals surface area contributed by atoms with E-state index in [-0.39, 0.29) is 6.29 Å². The zero-order chi connectivity index (χ0) is 21.0. The number of hydrogen-bond donors (Lipinski definition) is 0. The van der Waals surface area contributed by atoms with Gasteiger partial charge in [0.1, 0.15) is 12.4 Å². The second-order valence-corrected chi connectivity index (χ2v) is 7.54. The Kier molecular flexibility index (Phi) is 5.79. The summed E-state index contributed by atoms with van der Waals surface area (Å²) in [5.41, 5.74) is 5.16. The van der Waals surface area contributed by atoms with Crippen molar-refractivity contribution >= 4 is 17.7 Å². The lowest BCUT2D eigenvalue weighted by Gasteiger charge is -2.32. The summed E-state index contributed by atoms with van der Waals surface area (Å²) in [4.78, 5) is 12.7. The van der Waals surface area contributed by atoms with Gasteiger partial charge >= 0.3 is 5.92 Å². The number of carbonyl (C=O) groups excluding carboxylic acids is 1. The highest BCUT2D eigenvalue weighted by Gasteiger charge is 2.28. The number of carbonyl (C=O) groups is 1. The highest BCUT2D eigenvalue weighted by molar-refractivity contribution is 5.68. The Morgan fingerprint density at radius 1 is 0.967 bits per heavy atom. The second-order valence-electron chi connectivity index (χ2n) is 7.54. The summed E-state index contributed by atoms with van der Waals surface area (Å²) in [7, 11) is 0. The Morgan fingerprint density at radius 2 is 1.70 bits per heavy atom. The van der Waals surface area contributed by atoms with Crippen molar-refractivity contribution < 1.29 is 18.3 Å². The van der Waals surface area contributed by atoms with E-state index in [0.29, 0.717) is 17.9 Å². The van der Waals surface area contributed by atoms with E-state index in [1.165, 1.54) is 16.9 Å². The molecule has 0 fully saturated rings. The third-order valence-corrected chi connectivity index (χ3v) is 5.28. The standard InChI is InChI=1S/C25H23F2NO2/c26-25(27,18-29)16-19-9-12-23(13-10-19)30-17-20-8-11-21-5-4-14-28(24(21)15-20)22-6-2-1-3-7-22/h1-3,6-13,15,18H,4-5,14,16-17H2. The van der Waals surface area contributed by atoms with Gasteiger partial charge in [-0.2, -0.15) is 8.78 Å². The summed E-state index contributed by atoms with van der Waals surface area (Å²) in [5.74, 6) is -2.73. The first-order valence-corrected chi connectivity index (χ1v) is 10.0. The van der Waals surface area contributed by atoms with Gasteiger partial charge in [0, 0.05) is 24.3 Å². The van der Waals surface area contributed by atoms with Crippen LogP contribution >= 0.6 is 0 Å².